The third-order valence-electron chi connectivity index (χ3n) is 4.59. The lowest BCUT2D eigenvalue weighted by atomic mass is 10.1. The fraction of sp³-hybridized carbons (Fsp3) is 0.182. The van der Waals surface area contributed by atoms with Gasteiger partial charge in [0.1, 0.15) is 0 Å². The molecule has 0 aliphatic rings. The van der Waals surface area contributed by atoms with E-state index >= 15 is 0 Å². The summed E-state index contributed by atoms with van der Waals surface area (Å²) in [5, 5.41) is 9.55. The number of rotatable bonds is 7. The van der Waals surface area contributed by atoms with Gasteiger partial charge in [0.25, 0.3) is 0 Å². The summed E-state index contributed by atoms with van der Waals surface area (Å²) in [4.78, 5) is 20.6. The Morgan fingerprint density at radius 1 is 1.04 bits per heavy atom. The second kappa shape index (κ2) is 8.21. The lowest BCUT2D eigenvalue weighted by Gasteiger charge is -2.12. The summed E-state index contributed by atoms with van der Waals surface area (Å²) in [5.41, 5.74) is 4.07. The molecule has 28 heavy (non-hydrogen) atoms. The van der Waals surface area contributed by atoms with Crippen LogP contribution in [-0.4, -0.2) is 39.5 Å². The van der Waals surface area contributed by atoms with Gasteiger partial charge in [0.05, 0.1) is 43.2 Å². The number of aromatic amines is 1. The number of hydrogen-bond acceptors (Lipinski definition) is 4. The Hall–Kier alpha value is -3.22. The number of imidazole rings is 1. The van der Waals surface area contributed by atoms with Gasteiger partial charge in [-0.3, -0.25) is 4.79 Å². The number of fused-ring (bicyclic) bond motifs is 1. The summed E-state index contributed by atoms with van der Waals surface area (Å²) < 4.78 is 7.39. The molecule has 6 nitrogen and oxygen atoms in total. The number of nitrogens with zero attached hydrogens (tertiary/aromatic N) is 2. The molecule has 4 aromatic rings. The van der Waals surface area contributed by atoms with Gasteiger partial charge in [0, 0.05) is 29.1 Å². The summed E-state index contributed by atoms with van der Waals surface area (Å²) in [6.45, 7) is 1.28. The minimum atomic E-state index is -0.0346. The zero-order valence-electron chi connectivity index (χ0n) is 15.3. The van der Waals surface area contributed by atoms with Gasteiger partial charge in [-0.1, -0.05) is 42.5 Å². The van der Waals surface area contributed by atoms with Crippen LogP contribution in [0.3, 0.4) is 0 Å². The summed E-state index contributed by atoms with van der Waals surface area (Å²) >= 11 is 0. The van der Waals surface area contributed by atoms with Crippen LogP contribution in [0.1, 0.15) is 0 Å². The van der Waals surface area contributed by atoms with Crippen LogP contribution in [0.5, 0.6) is 0 Å². The van der Waals surface area contributed by atoms with Gasteiger partial charge in [-0.2, -0.15) is 0 Å². The van der Waals surface area contributed by atoms with E-state index in [2.05, 4.69) is 9.97 Å². The van der Waals surface area contributed by atoms with Crippen molar-refractivity contribution in [3.63, 3.8) is 0 Å². The largest absolute Gasteiger partial charge is 0.394 e. The first kappa shape index (κ1) is 18.2. The van der Waals surface area contributed by atoms with Crippen molar-refractivity contribution in [3.8, 4) is 22.6 Å². The number of pyridine rings is 1. The summed E-state index contributed by atoms with van der Waals surface area (Å²) in [6, 6.07) is 19.0. The zero-order valence-corrected chi connectivity index (χ0v) is 15.3. The summed E-state index contributed by atoms with van der Waals surface area (Å²) in [7, 11) is 0. The molecule has 2 heterocycles. The topological polar surface area (TPSA) is 80.1 Å². The average Bonchev–Trinajstić information content (AvgIpc) is 3.16. The highest BCUT2D eigenvalue weighted by Crippen LogP contribution is 2.30. The number of para-hydroxylation sites is 1. The number of benzene rings is 2. The fourth-order valence-electron chi connectivity index (χ4n) is 3.30. The van der Waals surface area contributed by atoms with Gasteiger partial charge in [-0.25, -0.2) is 4.98 Å². The highest BCUT2D eigenvalue weighted by atomic mass is 16.5. The molecule has 0 saturated heterocycles. The van der Waals surface area contributed by atoms with E-state index in [9.17, 15) is 4.79 Å². The van der Waals surface area contributed by atoms with E-state index in [1.54, 1.807) is 12.4 Å². The monoisotopic (exact) mass is 375 g/mol. The number of H-pyrrole nitrogens is 1. The molecular formula is C22H21N3O3. The van der Waals surface area contributed by atoms with E-state index in [1.807, 2.05) is 59.2 Å². The molecule has 0 spiro atoms. The molecule has 4 rings (SSSR count). The number of hydrogen-bond donors (Lipinski definition) is 2. The smallest absolute Gasteiger partial charge is 0.190 e. The number of ether oxygens (including phenoxy) is 1. The van der Waals surface area contributed by atoms with Crippen molar-refractivity contribution in [1.29, 1.82) is 0 Å². The first-order valence-corrected chi connectivity index (χ1v) is 9.19. The Labute approximate surface area is 162 Å². The van der Waals surface area contributed by atoms with E-state index in [0.717, 1.165) is 22.5 Å². The van der Waals surface area contributed by atoms with Crippen molar-refractivity contribution in [1.82, 2.24) is 14.5 Å². The van der Waals surface area contributed by atoms with Crippen LogP contribution in [0.25, 0.3) is 33.5 Å². The highest BCUT2D eigenvalue weighted by Gasteiger charge is 2.17. The van der Waals surface area contributed by atoms with Crippen LogP contribution >= 0.6 is 0 Å². The summed E-state index contributed by atoms with van der Waals surface area (Å²) in [6.07, 6.45) is 1.76. The second-order valence-corrected chi connectivity index (χ2v) is 6.43. The first-order valence-electron chi connectivity index (χ1n) is 9.19. The van der Waals surface area contributed by atoms with Crippen LogP contribution in [0.4, 0.5) is 0 Å². The van der Waals surface area contributed by atoms with Gasteiger partial charge in [-0.05, 0) is 12.1 Å². The predicted octanol–water partition coefficient (Wildman–Crippen LogP) is 3.07. The molecule has 0 bridgehead atoms. The Morgan fingerprint density at radius 3 is 2.64 bits per heavy atom. The molecule has 0 fully saturated rings. The molecule has 2 aromatic carbocycles. The molecule has 0 saturated carbocycles. The van der Waals surface area contributed by atoms with Crippen LogP contribution in [-0.2, 0) is 11.3 Å². The van der Waals surface area contributed by atoms with Gasteiger partial charge in [-0.15, -0.1) is 0 Å². The van der Waals surface area contributed by atoms with E-state index in [1.165, 1.54) is 0 Å². The van der Waals surface area contributed by atoms with Gasteiger partial charge >= 0.3 is 0 Å². The van der Waals surface area contributed by atoms with Gasteiger partial charge in [0.15, 0.2) is 5.43 Å². The van der Waals surface area contributed by atoms with Crippen molar-refractivity contribution in [2.45, 2.75) is 6.54 Å². The number of aliphatic hydroxyl groups is 1. The molecule has 2 N–H and O–H groups in total. The average molecular weight is 375 g/mol. The molecule has 142 valence electrons. The van der Waals surface area contributed by atoms with Gasteiger partial charge < -0.3 is 19.4 Å². The zero-order chi connectivity index (χ0) is 19.3. The highest BCUT2D eigenvalue weighted by molar-refractivity contribution is 5.84. The van der Waals surface area contributed by atoms with Crippen LogP contribution in [0.2, 0.25) is 0 Å². The maximum Gasteiger partial charge on any atom is 0.190 e. The normalized spacial score (nSPS) is 11.2. The Bertz CT molecular complexity index is 1130. The molecule has 6 heteroatoms. The van der Waals surface area contributed by atoms with Crippen molar-refractivity contribution in [2.75, 3.05) is 19.8 Å². The number of nitrogens with one attached hydrogen (secondary N) is 1. The molecule has 0 atom stereocenters. The molecule has 0 amide bonds. The number of aliphatic hydroxyl groups excluding tert-OH is 1. The Morgan fingerprint density at radius 2 is 1.82 bits per heavy atom. The maximum absolute atomic E-state index is 12.7. The molecule has 0 aliphatic heterocycles. The SMILES string of the molecule is O=c1cc(-c2c(-c3ccccc3)ncn2CCOCCO)[nH]c2ccccc12. The van der Waals surface area contributed by atoms with E-state index < -0.39 is 0 Å². The Balaban J connectivity index is 1.83. The van der Waals surface area contributed by atoms with E-state index in [0.29, 0.717) is 30.8 Å². The molecule has 2 aromatic heterocycles. The van der Waals surface area contributed by atoms with Crippen molar-refractivity contribution in [3.05, 3.63) is 77.2 Å². The minimum absolute atomic E-state index is 0.00988. The molecule has 0 aliphatic carbocycles. The Kier molecular flexibility index (Phi) is 5.32. The molecule has 0 unspecified atom stereocenters. The van der Waals surface area contributed by atoms with E-state index in [-0.39, 0.29) is 12.0 Å². The van der Waals surface area contributed by atoms with E-state index in [4.69, 9.17) is 9.84 Å². The summed E-state index contributed by atoms with van der Waals surface area (Å²) in [5.74, 6) is 0. The maximum atomic E-state index is 12.7. The predicted molar refractivity (Wildman–Crippen MR) is 109 cm³/mol. The molecule has 0 radical (unpaired) electrons. The van der Waals surface area contributed by atoms with Crippen LogP contribution in [0.15, 0.2) is 71.8 Å². The van der Waals surface area contributed by atoms with Crippen molar-refractivity contribution in [2.24, 2.45) is 0 Å². The third kappa shape index (κ3) is 3.60. The second-order valence-electron chi connectivity index (χ2n) is 6.43. The standard InChI is InChI=1S/C22H21N3O3/c26-11-13-28-12-10-25-15-23-21(16-6-2-1-3-7-16)22(25)19-14-20(27)17-8-4-5-9-18(17)24-19/h1-9,14-15,26H,10-13H2,(H,24,27). The quantitative estimate of drug-likeness (QED) is 0.487. The fourth-order valence-corrected chi connectivity index (χ4v) is 3.30. The van der Waals surface area contributed by atoms with Crippen molar-refractivity contribution < 1.29 is 9.84 Å². The lowest BCUT2D eigenvalue weighted by Crippen LogP contribution is -2.10. The minimum Gasteiger partial charge on any atom is -0.394 e. The third-order valence-corrected chi connectivity index (χ3v) is 4.59. The first-order chi connectivity index (χ1) is 13.8. The number of aromatic nitrogens is 3. The van der Waals surface area contributed by atoms with Crippen molar-refractivity contribution >= 4 is 10.9 Å². The molecular weight excluding hydrogens is 354 g/mol. The lowest BCUT2D eigenvalue weighted by molar-refractivity contribution is 0.0872. The van der Waals surface area contributed by atoms with Gasteiger partial charge in [0.2, 0.25) is 0 Å². The van der Waals surface area contributed by atoms with Crippen LogP contribution < -0.4 is 5.43 Å². The van der Waals surface area contributed by atoms with Crippen LogP contribution in [0, 0.1) is 0 Å².